The molecule has 0 heterocycles. The van der Waals surface area contributed by atoms with Crippen LogP contribution in [-0.4, -0.2) is 35.0 Å². The minimum Gasteiger partial charge on any atom is -0.356 e. The number of hydrogen-bond acceptors (Lipinski definition) is 3. The molecule has 0 bridgehead atoms. The number of carbonyl (C=O) groups is 1. The van der Waals surface area contributed by atoms with E-state index < -0.39 is 0 Å². The van der Waals surface area contributed by atoms with Gasteiger partial charge in [-0.25, -0.2) is 0 Å². The fraction of sp³-hybridized carbons (Fsp3) is 0.941. The third-order valence-corrected chi connectivity index (χ3v) is 6.16. The van der Waals surface area contributed by atoms with Crippen LogP contribution >= 0.6 is 23.5 Å². The van der Waals surface area contributed by atoms with Gasteiger partial charge in [0, 0.05) is 24.0 Å². The topological polar surface area (TPSA) is 29.1 Å². The largest absolute Gasteiger partial charge is 0.356 e. The van der Waals surface area contributed by atoms with Crippen molar-refractivity contribution in [2.45, 2.75) is 72.0 Å². The summed E-state index contributed by atoms with van der Waals surface area (Å²) in [4.78, 5) is 11.9. The quantitative estimate of drug-likeness (QED) is 0.511. The summed E-state index contributed by atoms with van der Waals surface area (Å²) in [5.74, 6) is 3.86. The fourth-order valence-corrected chi connectivity index (χ4v) is 4.23. The molecule has 1 atom stereocenters. The molecule has 0 aliphatic rings. The summed E-state index contributed by atoms with van der Waals surface area (Å²) in [7, 11) is 0. The van der Waals surface area contributed by atoms with Gasteiger partial charge in [-0.3, -0.25) is 4.79 Å². The molecule has 0 aliphatic heterocycles. The molecule has 4 heteroatoms. The Balaban J connectivity index is 3.89. The highest BCUT2D eigenvalue weighted by Crippen LogP contribution is 2.22. The maximum Gasteiger partial charge on any atom is 0.220 e. The van der Waals surface area contributed by atoms with E-state index in [0.717, 1.165) is 19.4 Å². The molecule has 2 nitrogen and oxygen atoms in total. The van der Waals surface area contributed by atoms with Gasteiger partial charge >= 0.3 is 0 Å². The van der Waals surface area contributed by atoms with Gasteiger partial charge in [-0.2, -0.15) is 23.5 Å². The van der Waals surface area contributed by atoms with Gasteiger partial charge in [-0.15, -0.1) is 0 Å². The molecule has 0 rings (SSSR count). The summed E-state index contributed by atoms with van der Waals surface area (Å²) in [5, 5.41) is 3.70. The van der Waals surface area contributed by atoms with Crippen molar-refractivity contribution >= 4 is 29.4 Å². The van der Waals surface area contributed by atoms with Crippen LogP contribution < -0.4 is 5.32 Å². The zero-order chi connectivity index (χ0) is 16.1. The van der Waals surface area contributed by atoms with Crippen molar-refractivity contribution in [3.8, 4) is 0 Å². The average molecular weight is 334 g/mol. The van der Waals surface area contributed by atoms with Crippen LogP contribution in [-0.2, 0) is 4.79 Å². The lowest BCUT2D eigenvalue weighted by molar-refractivity contribution is -0.121. The van der Waals surface area contributed by atoms with Crippen molar-refractivity contribution in [2.75, 3.05) is 23.8 Å². The number of nitrogens with one attached hydrogen (secondary N) is 1. The van der Waals surface area contributed by atoms with E-state index in [2.05, 4.69) is 39.9 Å². The molecule has 0 aromatic rings. The lowest BCUT2D eigenvalue weighted by Gasteiger charge is -2.19. The monoisotopic (exact) mass is 333 g/mol. The van der Waals surface area contributed by atoms with Crippen molar-refractivity contribution < 1.29 is 4.79 Å². The molecule has 0 radical (unpaired) electrons. The van der Waals surface area contributed by atoms with Gasteiger partial charge in [0.2, 0.25) is 5.91 Å². The first kappa shape index (κ1) is 21.2. The van der Waals surface area contributed by atoms with Crippen LogP contribution in [0.25, 0.3) is 0 Å². The molecule has 0 saturated heterocycles. The molecule has 21 heavy (non-hydrogen) atoms. The molecule has 0 spiro atoms. The third kappa shape index (κ3) is 14.9. The van der Waals surface area contributed by atoms with E-state index in [1.807, 2.05) is 23.5 Å². The Morgan fingerprint density at radius 3 is 2.38 bits per heavy atom. The van der Waals surface area contributed by atoms with E-state index in [1.54, 1.807) is 0 Å². The lowest BCUT2D eigenvalue weighted by Crippen LogP contribution is -2.28. The van der Waals surface area contributed by atoms with Crippen LogP contribution in [0.2, 0.25) is 0 Å². The van der Waals surface area contributed by atoms with Crippen molar-refractivity contribution in [1.29, 1.82) is 0 Å². The van der Waals surface area contributed by atoms with Gasteiger partial charge in [0.15, 0.2) is 0 Å². The van der Waals surface area contributed by atoms with E-state index in [9.17, 15) is 4.79 Å². The van der Waals surface area contributed by atoms with Crippen LogP contribution in [0.3, 0.4) is 0 Å². The molecular formula is C17H35NOS2. The average Bonchev–Trinajstić information content (AvgIpc) is 2.40. The highest BCUT2D eigenvalue weighted by Gasteiger charge is 2.13. The SMILES string of the molecule is CCCSCC(CCC(=O)NCCC(C)(C)C)SCCC. The number of carbonyl (C=O) groups excluding carboxylic acids is 1. The molecule has 0 aromatic carbocycles. The highest BCUT2D eigenvalue weighted by atomic mass is 32.2. The van der Waals surface area contributed by atoms with E-state index in [-0.39, 0.29) is 5.91 Å². The Kier molecular flexibility index (Phi) is 12.8. The van der Waals surface area contributed by atoms with Crippen molar-refractivity contribution in [3.05, 3.63) is 0 Å². The van der Waals surface area contributed by atoms with Crippen LogP contribution in [0.15, 0.2) is 0 Å². The molecule has 1 unspecified atom stereocenters. The van der Waals surface area contributed by atoms with Crippen LogP contribution in [0.1, 0.15) is 66.7 Å². The highest BCUT2D eigenvalue weighted by molar-refractivity contribution is 8.03. The van der Waals surface area contributed by atoms with E-state index in [1.165, 1.54) is 30.1 Å². The maximum atomic E-state index is 11.9. The number of hydrogen-bond donors (Lipinski definition) is 1. The number of rotatable bonds is 12. The smallest absolute Gasteiger partial charge is 0.220 e. The first-order valence-electron chi connectivity index (χ1n) is 8.35. The maximum absolute atomic E-state index is 11.9. The summed E-state index contributed by atoms with van der Waals surface area (Å²) >= 11 is 4.07. The minimum absolute atomic E-state index is 0.224. The number of thioether (sulfide) groups is 2. The Labute approximate surface area is 141 Å². The second-order valence-corrected chi connectivity index (χ2v) is 9.33. The number of amides is 1. The van der Waals surface area contributed by atoms with Crippen molar-refractivity contribution in [2.24, 2.45) is 5.41 Å². The van der Waals surface area contributed by atoms with E-state index in [4.69, 9.17) is 0 Å². The predicted octanol–water partition coefficient (Wildman–Crippen LogP) is 4.97. The van der Waals surface area contributed by atoms with Crippen molar-refractivity contribution in [3.63, 3.8) is 0 Å². The summed E-state index contributed by atoms with van der Waals surface area (Å²) in [6.07, 6.45) is 5.19. The zero-order valence-electron chi connectivity index (χ0n) is 14.7. The molecule has 0 saturated carbocycles. The van der Waals surface area contributed by atoms with E-state index in [0.29, 0.717) is 17.1 Å². The Bertz CT molecular complexity index is 264. The fourth-order valence-electron chi connectivity index (χ4n) is 1.82. The Morgan fingerprint density at radius 1 is 1.14 bits per heavy atom. The molecule has 126 valence electrons. The molecular weight excluding hydrogens is 298 g/mol. The summed E-state index contributed by atoms with van der Waals surface area (Å²) < 4.78 is 0. The molecule has 0 aromatic heterocycles. The molecule has 1 N–H and O–H groups in total. The van der Waals surface area contributed by atoms with Gasteiger partial charge in [0.1, 0.15) is 0 Å². The molecule has 1 amide bonds. The van der Waals surface area contributed by atoms with Gasteiger partial charge in [-0.1, -0.05) is 34.6 Å². The second-order valence-electron chi connectivity index (χ2n) is 6.77. The Morgan fingerprint density at radius 2 is 1.81 bits per heavy atom. The summed E-state index contributed by atoms with van der Waals surface area (Å²) in [6, 6.07) is 0. The first-order valence-corrected chi connectivity index (χ1v) is 10.6. The van der Waals surface area contributed by atoms with Gasteiger partial charge in [-0.05, 0) is 42.6 Å². The normalized spacial score (nSPS) is 13.2. The lowest BCUT2D eigenvalue weighted by atomic mass is 9.92. The van der Waals surface area contributed by atoms with Gasteiger partial charge < -0.3 is 5.32 Å². The Hall–Kier alpha value is 0.170. The summed E-state index contributed by atoms with van der Waals surface area (Å²) in [6.45, 7) is 11.9. The zero-order valence-corrected chi connectivity index (χ0v) is 16.3. The predicted molar refractivity (Wildman–Crippen MR) is 100 cm³/mol. The van der Waals surface area contributed by atoms with Crippen molar-refractivity contribution in [1.82, 2.24) is 5.32 Å². The first-order chi connectivity index (χ1) is 9.89. The van der Waals surface area contributed by atoms with Gasteiger partial charge in [0.25, 0.3) is 0 Å². The molecule has 0 aliphatic carbocycles. The van der Waals surface area contributed by atoms with Crippen LogP contribution in [0, 0.1) is 5.41 Å². The third-order valence-electron chi connectivity index (χ3n) is 3.10. The molecule has 0 fully saturated rings. The van der Waals surface area contributed by atoms with Crippen LogP contribution in [0.4, 0.5) is 0 Å². The summed E-state index contributed by atoms with van der Waals surface area (Å²) in [5.41, 5.74) is 0.295. The van der Waals surface area contributed by atoms with E-state index >= 15 is 0 Å². The second kappa shape index (κ2) is 12.7. The standard InChI is InChI=1S/C17H35NOS2/c1-6-12-20-14-15(21-13-7-2)8-9-16(19)18-11-10-17(3,4)5/h15H,6-14H2,1-5H3,(H,18,19). The van der Waals surface area contributed by atoms with Gasteiger partial charge in [0.05, 0.1) is 0 Å². The minimum atomic E-state index is 0.224. The van der Waals surface area contributed by atoms with Crippen LogP contribution in [0.5, 0.6) is 0 Å².